The number of carbonyl (C=O) groups excluding carboxylic acids is 1. The lowest BCUT2D eigenvalue weighted by Gasteiger charge is -2.31. The zero-order chi connectivity index (χ0) is 23.8. The molecule has 1 N–H and O–H groups in total. The molecule has 0 aromatic heterocycles. The molecule has 0 saturated carbocycles. The SMILES string of the molecule is COC1(c2ccc(/C=C/CC(CC(=O)c3c(Cl)cccc3Cl)C(=O)O)cc2)CCCOCC1. The summed E-state index contributed by atoms with van der Waals surface area (Å²) in [6.45, 7) is 1.42. The van der Waals surface area contributed by atoms with Crippen LogP contribution in [0, 0.1) is 5.92 Å². The highest BCUT2D eigenvalue weighted by atomic mass is 35.5. The van der Waals surface area contributed by atoms with E-state index in [1.54, 1.807) is 31.4 Å². The quantitative estimate of drug-likeness (QED) is 0.410. The van der Waals surface area contributed by atoms with Crippen molar-refractivity contribution in [3.63, 3.8) is 0 Å². The number of rotatable bonds is 9. The van der Waals surface area contributed by atoms with Crippen LogP contribution in [0.4, 0.5) is 0 Å². The molecule has 2 aromatic rings. The monoisotopic (exact) mass is 490 g/mol. The standard InChI is InChI=1S/C26H28Cl2O5/c1-32-26(13-4-15-33-16-14-26)20-11-9-18(10-12-20)5-2-6-19(25(30)31)17-23(29)24-21(27)7-3-8-22(24)28/h2-3,5,7-12,19H,4,6,13-17H2,1H3,(H,30,31)/b5-2+. The lowest BCUT2D eigenvalue weighted by Crippen LogP contribution is -2.28. The second kappa shape index (κ2) is 11.8. The lowest BCUT2D eigenvalue weighted by molar-refractivity contribution is -0.141. The molecule has 1 aliphatic heterocycles. The molecule has 2 atom stereocenters. The second-order valence-corrected chi connectivity index (χ2v) is 9.00. The molecule has 176 valence electrons. The Morgan fingerprint density at radius 1 is 1.12 bits per heavy atom. The van der Waals surface area contributed by atoms with E-state index in [2.05, 4.69) is 0 Å². The Hall–Kier alpha value is -2.18. The van der Waals surface area contributed by atoms with E-state index in [9.17, 15) is 14.7 Å². The summed E-state index contributed by atoms with van der Waals surface area (Å²) < 4.78 is 11.5. The number of carboxylic acids is 1. The number of halogens is 2. The molecule has 33 heavy (non-hydrogen) atoms. The zero-order valence-corrected chi connectivity index (χ0v) is 20.1. The van der Waals surface area contributed by atoms with Crippen LogP contribution in [0.1, 0.15) is 53.6 Å². The average molecular weight is 491 g/mol. The predicted molar refractivity (Wildman–Crippen MR) is 130 cm³/mol. The van der Waals surface area contributed by atoms with Gasteiger partial charge >= 0.3 is 5.97 Å². The Morgan fingerprint density at radius 2 is 1.82 bits per heavy atom. The molecule has 2 aromatic carbocycles. The Bertz CT molecular complexity index is 972. The van der Waals surface area contributed by atoms with E-state index in [0.29, 0.717) is 6.61 Å². The van der Waals surface area contributed by atoms with Crippen LogP contribution in [0.3, 0.4) is 0 Å². The summed E-state index contributed by atoms with van der Waals surface area (Å²) in [4.78, 5) is 24.3. The minimum Gasteiger partial charge on any atom is -0.481 e. The molecule has 2 unspecified atom stereocenters. The van der Waals surface area contributed by atoms with Crippen molar-refractivity contribution in [1.82, 2.24) is 0 Å². The Labute approximate surface area is 204 Å². The molecule has 0 bridgehead atoms. The van der Waals surface area contributed by atoms with Crippen molar-refractivity contribution < 1.29 is 24.2 Å². The first kappa shape index (κ1) is 25.4. The summed E-state index contributed by atoms with van der Waals surface area (Å²) in [6.07, 6.45) is 6.34. The minimum atomic E-state index is -1.04. The fraction of sp³-hybridized carbons (Fsp3) is 0.385. The van der Waals surface area contributed by atoms with Gasteiger partial charge in [-0.15, -0.1) is 0 Å². The first-order valence-corrected chi connectivity index (χ1v) is 11.7. The van der Waals surface area contributed by atoms with Crippen molar-refractivity contribution >= 4 is 41.0 Å². The van der Waals surface area contributed by atoms with Gasteiger partial charge in [-0.05, 0) is 42.5 Å². The molecule has 1 fully saturated rings. The summed E-state index contributed by atoms with van der Waals surface area (Å²) in [5, 5.41) is 10.0. The Balaban J connectivity index is 1.66. The normalized spacial score (nSPS) is 19.8. The third kappa shape index (κ3) is 6.45. The summed E-state index contributed by atoms with van der Waals surface area (Å²) in [7, 11) is 1.74. The van der Waals surface area contributed by atoms with Gasteiger partial charge in [-0.2, -0.15) is 0 Å². The van der Waals surface area contributed by atoms with Crippen LogP contribution in [0.5, 0.6) is 0 Å². The number of hydrogen-bond donors (Lipinski definition) is 1. The fourth-order valence-corrected chi connectivity index (χ4v) is 4.77. The first-order valence-electron chi connectivity index (χ1n) is 11.0. The van der Waals surface area contributed by atoms with Gasteiger partial charge in [0.25, 0.3) is 0 Å². The number of carbonyl (C=O) groups is 2. The van der Waals surface area contributed by atoms with Gasteiger partial charge in [0.1, 0.15) is 0 Å². The van der Waals surface area contributed by atoms with E-state index in [4.69, 9.17) is 32.7 Å². The van der Waals surface area contributed by atoms with E-state index < -0.39 is 11.9 Å². The Kier molecular flexibility index (Phi) is 9.10. The van der Waals surface area contributed by atoms with Gasteiger partial charge in [0.2, 0.25) is 0 Å². The molecule has 0 spiro atoms. The number of carboxylic acid groups (broad SMARTS) is 1. The van der Waals surface area contributed by atoms with Gasteiger partial charge in [0, 0.05) is 33.2 Å². The number of Topliss-reactive ketones (excluding diaryl/α,β-unsaturated/α-hetero) is 1. The van der Waals surface area contributed by atoms with E-state index in [0.717, 1.165) is 37.0 Å². The van der Waals surface area contributed by atoms with Gasteiger partial charge in [0.05, 0.1) is 27.1 Å². The molecule has 1 aliphatic rings. The maximum atomic E-state index is 12.6. The molecular formula is C26H28Cl2O5. The molecule has 1 heterocycles. The van der Waals surface area contributed by atoms with Crippen molar-refractivity contribution in [2.45, 2.75) is 37.7 Å². The number of benzene rings is 2. The summed E-state index contributed by atoms with van der Waals surface area (Å²) in [6, 6.07) is 12.8. The van der Waals surface area contributed by atoms with Crippen LogP contribution in [-0.2, 0) is 19.9 Å². The maximum Gasteiger partial charge on any atom is 0.307 e. The van der Waals surface area contributed by atoms with Crippen molar-refractivity contribution in [2.24, 2.45) is 5.92 Å². The minimum absolute atomic E-state index is 0.169. The van der Waals surface area contributed by atoms with Crippen LogP contribution in [0.2, 0.25) is 10.0 Å². The molecule has 0 aliphatic carbocycles. The number of ketones is 1. The number of hydrogen-bond acceptors (Lipinski definition) is 4. The molecule has 5 nitrogen and oxygen atoms in total. The molecule has 0 radical (unpaired) electrons. The molecule has 7 heteroatoms. The first-order chi connectivity index (χ1) is 15.9. The number of ether oxygens (including phenoxy) is 2. The molecule has 0 amide bonds. The smallest absolute Gasteiger partial charge is 0.307 e. The second-order valence-electron chi connectivity index (χ2n) is 8.18. The summed E-state index contributed by atoms with van der Waals surface area (Å²) in [5.74, 6) is -2.29. The lowest BCUT2D eigenvalue weighted by atomic mass is 9.86. The van der Waals surface area contributed by atoms with E-state index in [1.807, 2.05) is 30.3 Å². The van der Waals surface area contributed by atoms with Crippen LogP contribution >= 0.6 is 23.2 Å². The highest BCUT2D eigenvalue weighted by Gasteiger charge is 2.33. The zero-order valence-electron chi connectivity index (χ0n) is 18.6. The van der Waals surface area contributed by atoms with Gasteiger partial charge in [-0.1, -0.05) is 65.7 Å². The van der Waals surface area contributed by atoms with E-state index in [-0.39, 0.29) is 39.8 Å². The van der Waals surface area contributed by atoms with Crippen LogP contribution in [0.25, 0.3) is 6.08 Å². The van der Waals surface area contributed by atoms with E-state index >= 15 is 0 Å². The van der Waals surface area contributed by atoms with Gasteiger partial charge < -0.3 is 14.6 Å². The number of methoxy groups -OCH3 is 1. The number of allylic oxidation sites excluding steroid dienone is 1. The molecular weight excluding hydrogens is 463 g/mol. The van der Waals surface area contributed by atoms with Gasteiger partial charge in [0.15, 0.2) is 5.78 Å². The highest BCUT2D eigenvalue weighted by molar-refractivity contribution is 6.39. The van der Waals surface area contributed by atoms with Crippen LogP contribution in [-0.4, -0.2) is 37.2 Å². The molecule has 3 rings (SSSR count). The average Bonchev–Trinajstić information content (AvgIpc) is 3.05. The fourth-order valence-electron chi connectivity index (χ4n) is 4.16. The van der Waals surface area contributed by atoms with Crippen molar-refractivity contribution in [3.8, 4) is 0 Å². The third-order valence-corrected chi connectivity index (χ3v) is 6.73. The molecule has 1 saturated heterocycles. The largest absolute Gasteiger partial charge is 0.481 e. The summed E-state index contributed by atoms with van der Waals surface area (Å²) in [5.41, 5.74) is 1.88. The number of aliphatic carboxylic acids is 1. The Morgan fingerprint density at radius 3 is 2.45 bits per heavy atom. The van der Waals surface area contributed by atoms with Crippen LogP contribution < -0.4 is 0 Å². The van der Waals surface area contributed by atoms with Crippen LogP contribution in [0.15, 0.2) is 48.5 Å². The third-order valence-electron chi connectivity index (χ3n) is 6.10. The highest BCUT2D eigenvalue weighted by Crippen LogP contribution is 2.36. The van der Waals surface area contributed by atoms with Gasteiger partial charge in [-0.3, -0.25) is 9.59 Å². The topological polar surface area (TPSA) is 72.8 Å². The van der Waals surface area contributed by atoms with Crippen molar-refractivity contribution in [3.05, 3.63) is 75.3 Å². The van der Waals surface area contributed by atoms with Crippen molar-refractivity contribution in [1.29, 1.82) is 0 Å². The van der Waals surface area contributed by atoms with Gasteiger partial charge in [-0.25, -0.2) is 0 Å². The predicted octanol–water partition coefficient (Wildman–Crippen LogP) is 6.41. The van der Waals surface area contributed by atoms with E-state index in [1.165, 1.54) is 0 Å². The summed E-state index contributed by atoms with van der Waals surface area (Å²) >= 11 is 12.2. The van der Waals surface area contributed by atoms with Crippen molar-refractivity contribution in [2.75, 3.05) is 20.3 Å². The maximum absolute atomic E-state index is 12.6.